The van der Waals surface area contributed by atoms with E-state index in [4.69, 9.17) is 4.74 Å². The van der Waals surface area contributed by atoms with Crippen LogP contribution in [0.1, 0.15) is 39.9 Å². The van der Waals surface area contributed by atoms with Crippen molar-refractivity contribution in [1.29, 1.82) is 0 Å². The molecule has 1 amide bonds. The van der Waals surface area contributed by atoms with Crippen LogP contribution in [0.4, 0.5) is 4.79 Å². The first-order valence-corrected chi connectivity index (χ1v) is 9.43. The minimum absolute atomic E-state index is 0.168. The lowest BCUT2D eigenvalue weighted by molar-refractivity contribution is 0.0226. The van der Waals surface area contributed by atoms with Crippen LogP contribution in [0.2, 0.25) is 0 Å². The first kappa shape index (κ1) is 19.7. The van der Waals surface area contributed by atoms with Crippen LogP contribution in [-0.2, 0) is 11.3 Å². The van der Waals surface area contributed by atoms with E-state index in [1.165, 1.54) is 0 Å². The van der Waals surface area contributed by atoms with Gasteiger partial charge in [-0.25, -0.2) is 9.31 Å². The minimum atomic E-state index is -0.597. The Bertz CT molecular complexity index is 1020. The predicted molar refractivity (Wildman–Crippen MR) is 108 cm³/mol. The Kier molecular flexibility index (Phi) is 5.53. The Morgan fingerprint density at radius 2 is 1.86 bits per heavy atom. The SMILES string of the molecule is CCCN(Cc1nn2cccc2c(=O)n1-c1ccccc1)C(=O)OC(C)(C)C. The molecule has 0 unspecified atom stereocenters. The smallest absolute Gasteiger partial charge is 0.410 e. The molecule has 0 aliphatic carbocycles. The molecule has 0 bridgehead atoms. The number of hydrogen-bond donors (Lipinski definition) is 0. The quantitative estimate of drug-likeness (QED) is 0.676. The van der Waals surface area contributed by atoms with Crippen LogP contribution in [-0.4, -0.2) is 37.3 Å². The highest BCUT2D eigenvalue weighted by Gasteiger charge is 2.24. The molecule has 0 atom stereocenters. The van der Waals surface area contributed by atoms with Gasteiger partial charge in [0.2, 0.25) is 0 Å². The maximum atomic E-state index is 13.1. The molecule has 0 spiro atoms. The Hall–Kier alpha value is -3.09. The van der Waals surface area contributed by atoms with E-state index in [-0.39, 0.29) is 12.1 Å². The first-order valence-electron chi connectivity index (χ1n) is 9.43. The third-order valence-corrected chi connectivity index (χ3v) is 4.12. The summed E-state index contributed by atoms with van der Waals surface area (Å²) in [4.78, 5) is 27.4. The van der Waals surface area contributed by atoms with Crippen LogP contribution in [0.25, 0.3) is 11.2 Å². The van der Waals surface area contributed by atoms with Gasteiger partial charge in [0, 0.05) is 12.7 Å². The molecule has 7 nitrogen and oxygen atoms in total. The van der Waals surface area contributed by atoms with Crippen LogP contribution in [0, 0.1) is 0 Å². The van der Waals surface area contributed by atoms with E-state index in [9.17, 15) is 9.59 Å². The van der Waals surface area contributed by atoms with E-state index in [2.05, 4.69) is 5.10 Å². The number of hydrogen-bond acceptors (Lipinski definition) is 4. The van der Waals surface area contributed by atoms with Crippen molar-refractivity contribution >= 4 is 11.6 Å². The number of fused-ring (bicyclic) bond motifs is 1. The van der Waals surface area contributed by atoms with Gasteiger partial charge < -0.3 is 9.64 Å². The average Bonchev–Trinajstić information content (AvgIpc) is 3.10. The van der Waals surface area contributed by atoms with Crippen molar-refractivity contribution in [3.8, 4) is 5.69 Å². The molecule has 0 saturated heterocycles. The Morgan fingerprint density at radius 3 is 2.50 bits per heavy atom. The Labute approximate surface area is 164 Å². The molecule has 0 fully saturated rings. The molecule has 0 N–H and O–H groups in total. The molecule has 1 aromatic carbocycles. The highest BCUT2D eigenvalue weighted by Crippen LogP contribution is 2.15. The molecular weight excluding hydrogens is 356 g/mol. The number of amides is 1. The minimum Gasteiger partial charge on any atom is -0.444 e. The molecule has 2 aromatic heterocycles. The summed E-state index contributed by atoms with van der Waals surface area (Å²) in [5, 5.41) is 4.60. The maximum absolute atomic E-state index is 13.1. The number of para-hydroxylation sites is 1. The number of rotatable bonds is 5. The van der Waals surface area contributed by atoms with Crippen LogP contribution >= 0.6 is 0 Å². The lowest BCUT2D eigenvalue weighted by Crippen LogP contribution is -2.39. The van der Waals surface area contributed by atoms with E-state index in [1.54, 1.807) is 32.3 Å². The van der Waals surface area contributed by atoms with Gasteiger partial charge in [-0.1, -0.05) is 25.1 Å². The van der Waals surface area contributed by atoms with Gasteiger partial charge in [0.1, 0.15) is 11.1 Å². The van der Waals surface area contributed by atoms with Crippen molar-refractivity contribution in [1.82, 2.24) is 19.1 Å². The molecule has 0 radical (unpaired) electrons. The van der Waals surface area contributed by atoms with Crippen molar-refractivity contribution in [2.24, 2.45) is 0 Å². The molecule has 0 aliphatic rings. The summed E-state index contributed by atoms with van der Waals surface area (Å²) in [6.45, 7) is 8.16. The lowest BCUT2D eigenvalue weighted by Gasteiger charge is -2.27. The fraction of sp³-hybridized carbons (Fsp3) is 0.381. The van der Waals surface area contributed by atoms with E-state index in [0.717, 1.165) is 6.42 Å². The highest BCUT2D eigenvalue weighted by molar-refractivity contribution is 5.68. The Morgan fingerprint density at radius 1 is 1.14 bits per heavy atom. The summed E-state index contributed by atoms with van der Waals surface area (Å²) in [5.41, 5.74) is 0.410. The van der Waals surface area contributed by atoms with E-state index in [0.29, 0.717) is 23.6 Å². The highest BCUT2D eigenvalue weighted by atomic mass is 16.6. The third-order valence-electron chi connectivity index (χ3n) is 4.12. The monoisotopic (exact) mass is 382 g/mol. The van der Waals surface area contributed by atoms with Gasteiger partial charge in [0.05, 0.1) is 12.2 Å². The zero-order valence-electron chi connectivity index (χ0n) is 16.8. The second-order valence-corrected chi connectivity index (χ2v) is 7.63. The Balaban J connectivity index is 2.07. The second kappa shape index (κ2) is 7.88. The fourth-order valence-corrected chi connectivity index (χ4v) is 2.98. The molecule has 3 aromatic rings. The van der Waals surface area contributed by atoms with Crippen molar-refractivity contribution in [2.75, 3.05) is 6.54 Å². The van der Waals surface area contributed by atoms with Gasteiger partial charge in [0.15, 0.2) is 5.82 Å². The largest absolute Gasteiger partial charge is 0.444 e. The number of benzene rings is 1. The van der Waals surface area contributed by atoms with Gasteiger partial charge in [-0.15, -0.1) is 0 Å². The van der Waals surface area contributed by atoms with Gasteiger partial charge in [-0.2, -0.15) is 5.10 Å². The third kappa shape index (κ3) is 4.24. The zero-order valence-corrected chi connectivity index (χ0v) is 16.8. The van der Waals surface area contributed by atoms with Crippen LogP contribution in [0.3, 0.4) is 0 Å². The number of ether oxygens (including phenoxy) is 1. The first-order chi connectivity index (χ1) is 13.3. The van der Waals surface area contributed by atoms with Crippen LogP contribution in [0.5, 0.6) is 0 Å². The molecular formula is C21H26N4O3. The summed E-state index contributed by atoms with van der Waals surface area (Å²) in [7, 11) is 0. The summed E-state index contributed by atoms with van der Waals surface area (Å²) in [5.74, 6) is 0.471. The molecule has 2 heterocycles. The lowest BCUT2D eigenvalue weighted by atomic mass is 10.2. The number of carbonyl (C=O) groups is 1. The number of carbonyl (C=O) groups excluding carboxylic acids is 1. The maximum Gasteiger partial charge on any atom is 0.410 e. The van der Waals surface area contributed by atoms with E-state index >= 15 is 0 Å². The van der Waals surface area contributed by atoms with Crippen molar-refractivity contribution < 1.29 is 9.53 Å². The van der Waals surface area contributed by atoms with Crippen LogP contribution in [0.15, 0.2) is 53.5 Å². The molecule has 148 valence electrons. The zero-order chi connectivity index (χ0) is 20.3. The second-order valence-electron chi connectivity index (χ2n) is 7.63. The standard InChI is InChI=1S/C21H26N4O3/c1-5-13-23(20(27)28-21(2,3)4)15-18-22-24-14-9-12-17(24)19(26)25(18)16-10-7-6-8-11-16/h6-12,14H,5,13,15H2,1-4H3. The molecule has 7 heteroatoms. The fourth-order valence-electron chi connectivity index (χ4n) is 2.98. The van der Waals surface area contributed by atoms with E-state index < -0.39 is 11.7 Å². The van der Waals surface area contributed by atoms with Crippen molar-refractivity contribution in [3.05, 3.63) is 64.8 Å². The summed E-state index contributed by atoms with van der Waals surface area (Å²) < 4.78 is 8.65. The van der Waals surface area contributed by atoms with Crippen LogP contribution < -0.4 is 5.56 Å². The molecule has 0 saturated carbocycles. The number of nitrogens with zero attached hydrogens (tertiary/aromatic N) is 4. The predicted octanol–water partition coefficient (Wildman–Crippen LogP) is 3.63. The average molecular weight is 382 g/mol. The van der Waals surface area contributed by atoms with Crippen molar-refractivity contribution in [3.63, 3.8) is 0 Å². The summed E-state index contributed by atoms with van der Waals surface area (Å²) in [6.07, 6.45) is 2.07. The normalized spacial score (nSPS) is 11.6. The number of aromatic nitrogens is 3. The summed E-state index contributed by atoms with van der Waals surface area (Å²) >= 11 is 0. The molecule has 28 heavy (non-hydrogen) atoms. The van der Waals surface area contributed by atoms with Gasteiger partial charge in [0.25, 0.3) is 5.56 Å². The summed E-state index contributed by atoms with van der Waals surface area (Å²) in [6, 6.07) is 12.8. The van der Waals surface area contributed by atoms with Gasteiger partial charge >= 0.3 is 6.09 Å². The van der Waals surface area contributed by atoms with Gasteiger partial charge in [-0.3, -0.25) is 9.36 Å². The molecule has 3 rings (SSSR count). The molecule has 0 aliphatic heterocycles. The van der Waals surface area contributed by atoms with E-state index in [1.807, 2.05) is 58.0 Å². The topological polar surface area (TPSA) is 68.8 Å². The van der Waals surface area contributed by atoms with Crippen molar-refractivity contribution in [2.45, 2.75) is 46.3 Å². The van der Waals surface area contributed by atoms with Gasteiger partial charge in [-0.05, 0) is 51.5 Å².